The number of rotatable bonds is 14. The summed E-state index contributed by atoms with van der Waals surface area (Å²) in [5.41, 5.74) is 5.85. The van der Waals surface area contributed by atoms with Crippen LogP contribution < -0.4 is 15.0 Å². The van der Waals surface area contributed by atoms with Crippen molar-refractivity contribution < 1.29 is 37.7 Å². The molecule has 15 heteroatoms. The van der Waals surface area contributed by atoms with Gasteiger partial charge in [-0.15, -0.1) is 0 Å². The molecule has 9 rings (SSSR count). The van der Waals surface area contributed by atoms with Crippen molar-refractivity contribution in [3.63, 3.8) is 0 Å². The minimum absolute atomic E-state index is 0.00250. The normalized spacial score (nSPS) is 16.9. The number of fused-ring (bicyclic) bond motifs is 1. The Morgan fingerprint density at radius 1 is 0.870 bits per heavy atom. The van der Waals surface area contributed by atoms with Crippen molar-refractivity contribution in [3.05, 3.63) is 125 Å². The van der Waals surface area contributed by atoms with Crippen LogP contribution in [0.15, 0.2) is 85.2 Å². The number of ether oxygens (including phenoxy) is 2. The minimum Gasteiger partial charge on any atom is -0.492 e. The van der Waals surface area contributed by atoms with E-state index in [2.05, 4.69) is 54.3 Å². The number of piperidine rings is 3. The zero-order valence-electron chi connectivity index (χ0n) is 39.6. The molecule has 2 aromatic heterocycles. The number of ketones is 1. The summed E-state index contributed by atoms with van der Waals surface area (Å²) in [5, 5.41) is 13.6. The van der Waals surface area contributed by atoms with E-state index in [9.17, 15) is 19.5 Å². The number of carbonyl (C=O) groups excluding carboxylic acids is 3. The number of likely N-dealkylation sites (tertiary alicyclic amines) is 2. The molecule has 0 radical (unpaired) electrons. The molecular weight excluding hydrogens is 881 g/mol. The summed E-state index contributed by atoms with van der Waals surface area (Å²) >= 11 is 0. The molecule has 69 heavy (non-hydrogen) atoms. The van der Waals surface area contributed by atoms with Gasteiger partial charge in [0.25, 0.3) is 5.91 Å². The van der Waals surface area contributed by atoms with E-state index in [1.807, 2.05) is 31.2 Å². The summed E-state index contributed by atoms with van der Waals surface area (Å²) < 4.78 is 42.9. The predicted molar refractivity (Wildman–Crippen MR) is 261 cm³/mol. The van der Waals surface area contributed by atoms with Gasteiger partial charge in [0.1, 0.15) is 41.7 Å². The first-order valence-corrected chi connectivity index (χ1v) is 23.9. The van der Waals surface area contributed by atoms with Gasteiger partial charge in [0.2, 0.25) is 5.91 Å². The molecule has 0 atom stereocenters. The smallest absolute Gasteiger partial charge is 0.258 e. The summed E-state index contributed by atoms with van der Waals surface area (Å²) in [6.45, 7) is 13.4. The van der Waals surface area contributed by atoms with Gasteiger partial charge in [0.15, 0.2) is 0 Å². The van der Waals surface area contributed by atoms with Gasteiger partial charge in [0.05, 0.1) is 35.5 Å². The molecule has 3 aliphatic heterocycles. The Morgan fingerprint density at radius 3 is 2.28 bits per heavy atom. The lowest BCUT2D eigenvalue weighted by atomic mass is 9.96. The van der Waals surface area contributed by atoms with Crippen LogP contribution in [0.4, 0.5) is 20.2 Å². The van der Waals surface area contributed by atoms with E-state index >= 15 is 8.78 Å². The van der Waals surface area contributed by atoms with Crippen molar-refractivity contribution in [3.8, 4) is 28.3 Å². The number of aryl methyl sites for hydroxylation is 1. The first-order chi connectivity index (χ1) is 33.1. The van der Waals surface area contributed by atoms with Crippen molar-refractivity contribution in [2.45, 2.75) is 90.6 Å². The van der Waals surface area contributed by atoms with Crippen molar-refractivity contribution in [1.29, 1.82) is 0 Å². The number of halogens is 2. The quantitative estimate of drug-likeness (QED) is 0.0903. The molecular formula is C54H59F2N7O6. The average Bonchev–Trinajstić information content (AvgIpc) is 3.77. The Labute approximate surface area is 400 Å². The highest BCUT2D eigenvalue weighted by Crippen LogP contribution is 2.36. The monoisotopic (exact) mass is 939 g/mol. The number of anilines is 2. The predicted octanol–water partition coefficient (Wildman–Crippen LogP) is 8.89. The zero-order chi connectivity index (χ0) is 48.4. The van der Waals surface area contributed by atoms with Gasteiger partial charge in [-0.25, -0.2) is 18.7 Å². The first-order valence-electron chi connectivity index (χ1n) is 23.9. The number of aromatic amines is 1. The van der Waals surface area contributed by atoms with E-state index in [1.165, 1.54) is 50.0 Å². The fraction of sp³-hybridized carbons (Fsp3) is 0.389. The molecule has 3 N–H and O–H groups in total. The van der Waals surface area contributed by atoms with Crippen molar-refractivity contribution in [2.75, 3.05) is 56.1 Å². The molecule has 0 aliphatic carbocycles. The molecule has 0 saturated carbocycles. The molecule has 360 valence electrons. The second kappa shape index (κ2) is 20.3. The lowest BCUT2D eigenvalue weighted by molar-refractivity contribution is -0.128. The molecule has 13 nitrogen and oxygen atoms in total. The van der Waals surface area contributed by atoms with Crippen molar-refractivity contribution in [2.24, 2.45) is 0 Å². The van der Waals surface area contributed by atoms with E-state index in [-0.39, 0.29) is 41.6 Å². The molecule has 2 amide bonds. The van der Waals surface area contributed by atoms with Gasteiger partial charge in [0, 0.05) is 80.3 Å². The lowest BCUT2D eigenvalue weighted by Gasteiger charge is -2.37. The highest BCUT2D eigenvalue weighted by atomic mass is 19.1. The number of nitrogens with zero attached hydrogens (tertiary/aromatic N) is 5. The van der Waals surface area contributed by atoms with Crippen LogP contribution in [0.2, 0.25) is 0 Å². The third-order valence-electron chi connectivity index (χ3n) is 13.7. The van der Waals surface area contributed by atoms with Gasteiger partial charge in [-0.2, -0.15) is 0 Å². The molecule has 3 saturated heterocycles. The van der Waals surface area contributed by atoms with Crippen LogP contribution in [-0.2, 0) is 26.5 Å². The number of aliphatic hydroxyl groups is 1. The Morgan fingerprint density at radius 2 is 1.59 bits per heavy atom. The molecule has 5 heterocycles. The van der Waals surface area contributed by atoms with E-state index < -0.39 is 23.1 Å². The molecule has 3 fully saturated rings. The first kappa shape index (κ1) is 47.7. The Balaban J connectivity index is 0.735. The van der Waals surface area contributed by atoms with Crippen LogP contribution >= 0.6 is 0 Å². The van der Waals surface area contributed by atoms with Gasteiger partial charge in [-0.3, -0.25) is 24.2 Å². The maximum absolute atomic E-state index is 15.2. The van der Waals surface area contributed by atoms with Crippen LogP contribution in [0.3, 0.4) is 0 Å². The third kappa shape index (κ3) is 11.1. The van der Waals surface area contributed by atoms with Crippen LogP contribution in [0.25, 0.3) is 33.5 Å². The fourth-order valence-corrected chi connectivity index (χ4v) is 9.71. The van der Waals surface area contributed by atoms with Crippen molar-refractivity contribution in [1.82, 2.24) is 24.8 Å². The molecule has 0 unspecified atom stereocenters. The number of amides is 2. The molecule has 6 aromatic rings. The zero-order valence-corrected chi connectivity index (χ0v) is 39.6. The Kier molecular flexibility index (Phi) is 14.0. The van der Waals surface area contributed by atoms with Gasteiger partial charge in [-0.05, 0) is 130 Å². The average molecular weight is 940 g/mol. The number of H-pyrrole nitrogens is 1. The fourth-order valence-electron chi connectivity index (χ4n) is 9.71. The van der Waals surface area contributed by atoms with E-state index in [1.54, 1.807) is 11.8 Å². The highest BCUT2D eigenvalue weighted by Gasteiger charge is 2.28. The number of Topliss-reactive ketones (excluding diaryl/α,β-unsaturated/α-hetero) is 1. The van der Waals surface area contributed by atoms with E-state index in [0.717, 1.165) is 99.3 Å². The number of carbonyl (C=O) groups is 3. The van der Waals surface area contributed by atoms with Crippen molar-refractivity contribution >= 4 is 40.0 Å². The topological polar surface area (TPSA) is 153 Å². The van der Waals surface area contributed by atoms with Gasteiger partial charge in [-0.1, -0.05) is 30.3 Å². The number of benzene rings is 4. The molecule has 0 bridgehead atoms. The lowest BCUT2D eigenvalue weighted by Crippen LogP contribution is -2.42. The second-order valence-electron chi connectivity index (χ2n) is 19.2. The number of hydrogen-bond acceptors (Lipinski definition) is 10. The number of hydrogen-bond donors (Lipinski definition) is 3. The Hall–Kier alpha value is -6.39. The van der Waals surface area contributed by atoms with Crippen LogP contribution in [0.1, 0.15) is 85.0 Å². The molecule has 4 aromatic carbocycles. The maximum Gasteiger partial charge on any atom is 0.258 e. The summed E-state index contributed by atoms with van der Waals surface area (Å²) in [4.78, 5) is 56.3. The molecule has 3 aliphatic rings. The largest absolute Gasteiger partial charge is 0.492 e. The number of aromatic nitrogens is 3. The number of nitrogens with one attached hydrogen (secondary N) is 2. The van der Waals surface area contributed by atoms with Gasteiger partial charge >= 0.3 is 0 Å². The van der Waals surface area contributed by atoms with Gasteiger partial charge < -0.3 is 29.8 Å². The maximum atomic E-state index is 15.2. The van der Waals surface area contributed by atoms with Crippen LogP contribution in [-0.4, -0.2) is 106 Å². The second-order valence-corrected chi connectivity index (χ2v) is 19.2. The third-order valence-corrected chi connectivity index (χ3v) is 13.7. The summed E-state index contributed by atoms with van der Waals surface area (Å²) in [5.74, 6) is -1.50. The SMILES string of the molecule is Cc1cc(OCCN2CCC(OC3CCN(Cc4ccc(-c5cc6c(-c7cc(F)cc(NC(=O)c8ccc(C(C)(C)O)cc8F)c7C)ncnc6[nH]5)cc4)CC3)CC2)ccc1N1CCC(=O)CC1=O. The highest BCUT2D eigenvalue weighted by molar-refractivity contribution is 6.09. The van der Waals surface area contributed by atoms with E-state index in [0.29, 0.717) is 53.0 Å². The minimum atomic E-state index is -1.28. The molecule has 0 spiro atoms. The van der Waals surface area contributed by atoms with E-state index in [4.69, 9.17) is 9.47 Å². The summed E-state index contributed by atoms with van der Waals surface area (Å²) in [6.07, 6.45) is 6.34. The summed E-state index contributed by atoms with van der Waals surface area (Å²) in [6, 6.07) is 22.7. The van der Waals surface area contributed by atoms with Crippen LogP contribution in [0.5, 0.6) is 5.75 Å². The Bertz CT molecular complexity index is 2860. The summed E-state index contributed by atoms with van der Waals surface area (Å²) in [7, 11) is 0. The van der Waals surface area contributed by atoms with Crippen LogP contribution in [0, 0.1) is 25.5 Å². The standard InChI is InChI=1S/C54H59F2N7O6/c1-33-25-42(10-12-49(33)63-22-13-39(64)29-50(63)65)68-24-23-61-18-14-40(15-19-61)69-41-16-20-62(21-17-41)31-35-5-7-36(8-6-35)48-30-45-51(57-32-58-52(45)59-48)44-27-38(55)28-47(34(44)2)60-53(66)43-11-9-37(26-46(43)56)54(3,4)67/h5-12,25-28,30,32,40-41,67H,13-24,29,31H2,1-4H3,(H,60,66)(H,57,58,59).